The Bertz CT molecular complexity index is 513. The zero-order valence-electron chi connectivity index (χ0n) is 13.2. The van der Waals surface area contributed by atoms with Gasteiger partial charge in [0.2, 0.25) is 0 Å². The van der Waals surface area contributed by atoms with Gasteiger partial charge in [-0.15, -0.1) is 12.4 Å². The zero-order chi connectivity index (χ0) is 15.9. The number of likely N-dealkylation sites (tertiary alicyclic amines) is 1. The first-order valence-electron chi connectivity index (χ1n) is 7.80. The van der Waals surface area contributed by atoms with Crippen molar-refractivity contribution in [1.29, 1.82) is 0 Å². The Morgan fingerprint density at radius 1 is 1.43 bits per heavy atom. The molecule has 1 amide bonds. The van der Waals surface area contributed by atoms with E-state index in [2.05, 4.69) is 10.2 Å². The molecule has 1 saturated heterocycles. The molecule has 23 heavy (non-hydrogen) atoms. The highest BCUT2D eigenvalue weighted by Gasteiger charge is 2.18. The predicted molar refractivity (Wildman–Crippen MR) is 93.0 cm³/mol. The topological polar surface area (TPSA) is 98.8 Å². The van der Waals surface area contributed by atoms with E-state index in [1.807, 2.05) is 0 Å². The van der Waals surface area contributed by atoms with Gasteiger partial charge in [-0.2, -0.15) is 0 Å². The highest BCUT2D eigenvalue weighted by atomic mass is 35.5. The normalized spacial score (nSPS) is 18.2. The van der Waals surface area contributed by atoms with Crippen molar-refractivity contribution in [3.05, 3.63) is 23.8 Å². The number of halogens is 1. The second-order valence-electron chi connectivity index (χ2n) is 5.87. The second kappa shape index (κ2) is 9.60. The molecule has 1 aliphatic rings. The Labute approximate surface area is 143 Å². The summed E-state index contributed by atoms with van der Waals surface area (Å²) in [5, 5.41) is 21.5. The van der Waals surface area contributed by atoms with Gasteiger partial charge in [0.1, 0.15) is 5.75 Å². The Kier molecular flexibility index (Phi) is 8.16. The van der Waals surface area contributed by atoms with E-state index in [4.69, 9.17) is 5.73 Å². The third-order valence-electron chi connectivity index (χ3n) is 4.08. The van der Waals surface area contributed by atoms with Crippen LogP contribution in [0.1, 0.15) is 29.6 Å². The minimum absolute atomic E-state index is 0. The molecule has 0 saturated carbocycles. The Hall–Kier alpha value is -1.50. The lowest BCUT2D eigenvalue weighted by Crippen LogP contribution is -2.38. The smallest absolute Gasteiger partial charge is 0.253 e. The van der Waals surface area contributed by atoms with E-state index in [1.165, 1.54) is 18.2 Å². The number of aliphatic hydroxyl groups is 1. The van der Waals surface area contributed by atoms with E-state index >= 15 is 0 Å². The van der Waals surface area contributed by atoms with Crippen LogP contribution in [0.4, 0.5) is 5.69 Å². The van der Waals surface area contributed by atoms with E-state index in [-0.39, 0.29) is 30.7 Å². The number of nitrogens with zero attached hydrogens (tertiary/aromatic N) is 1. The van der Waals surface area contributed by atoms with Gasteiger partial charge in [-0.25, -0.2) is 0 Å². The lowest BCUT2D eigenvalue weighted by Gasteiger charge is -2.31. The number of rotatable bonds is 6. The first-order chi connectivity index (χ1) is 10.6. The quantitative estimate of drug-likeness (QED) is 0.353. The molecule has 0 aromatic heterocycles. The molecule has 0 radical (unpaired) electrons. The van der Waals surface area contributed by atoms with Gasteiger partial charge in [-0.1, -0.05) is 0 Å². The summed E-state index contributed by atoms with van der Waals surface area (Å²) < 4.78 is 0. The molecule has 0 aliphatic carbocycles. The predicted octanol–water partition coefficient (Wildman–Crippen LogP) is 1.22. The summed E-state index contributed by atoms with van der Waals surface area (Å²) in [6.45, 7) is 3.72. The number of anilines is 1. The number of hydrogen-bond donors (Lipinski definition) is 4. The largest absolute Gasteiger partial charge is 0.508 e. The van der Waals surface area contributed by atoms with Crippen molar-refractivity contribution in [3.63, 3.8) is 0 Å². The Morgan fingerprint density at radius 3 is 2.96 bits per heavy atom. The molecule has 1 aromatic rings. The number of hydrogen-bond acceptors (Lipinski definition) is 5. The van der Waals surface area contributed by atoms with Gasteiger partial charge in [0.25, 0.3) is 5.91 Å². The SMILES string of the molecule is Cl.Nc1ccc(O)cc1C(=O)NCCCN1CCCC(CO)C1. The van der Waals surface area contributed by atoms with Crippen molar-refractivity contribution in [1.82, 2.24) is 10.2 Å². The minimum atomic E-state index is -0.264. The van der Waals surface area contributed by atoms with Crippen molar-refractivity contribution >= 4 is 24.0 Å². The number of aromatic hydroxyl groups is 1. The van der Waals surface area contributed by atoms with Crippen molar-refractivity contribution < 1.29 is 15.0 Å². The van der Waals surface area contributed by atoms with Crippen molar-refractivity contribution in [2.24, 2.45) is 5.92 Å². The molecule has 6 nitrogen and oxygen atoms in total. The minimum Gasteiger partial charge on any atom is -0.508 e. The number of nitrogen functional groups attached to an aromatic ring is 1. The molecule has 1 aromatic carbocycles. The molecule has 0 spiro atoms. The third-order valence-corrected chi connectivity index (χ3v) is 4.08. The molecule has 7 heteroatoms. The lowest BCUT2D eigenvalue weighted by atomic mass is 9.99. The molecule has 0 bridgehead atoms. The molecular weight excluding hydrogens is 318 g/mol. The van der Waals surface area contributed by atoms with Crippen LogP contribution in [0, 0.1) is 5.92 Å². The number of carbonyl (C=O) groups is 1. The van der Waals surface area contributed by atoms with Crippen LogP contribution in [0.3, 0.4) is 0 Å². The summed E-state index contributed by atoms with van der Waals surface area (Å²) in [5.74, 6) is 0.151. The van der Waals surface area contributed by atoms with Gasteiger partial charge >= 0.3 is 0 Å². The maximum absolute atomic E-state index is 12.0. The molecule has 130 valence electrons. The van der Waals surface area contributed by atoms with Gasteiger partial charge in [0.05, 0.1) is 5.56 Å². The summed E-state index contributed by atoms with van der Waals surface area (Å²) in [4.78, 5) is 14.4. The van der Waals surface area contributed by atoms with Gasteiger partial charge in [-0.3, -0.25) is 4.79 Å². The van der Waals surface area contributed by atoms with Crippen LogP contribution in [0.25, 0.3) is 0 Å². The number of phenolic OH excluding ortho intramolecular Hbond substituents is 1. The maximum atomic E-state index is 12.0. The molecule has 5 N–H and O–H groups in total. The summed E-state index contributed by atoms with van der Waals surface area (Å²) in [6, 6.07) is 4.36. The average Bonchev–Trinajstić information content (AvgIpc) is 2.54. The van der Waals surface area contributed by atoms with Gasteiger partial charge in [-0.05, 0) is 56.5 Å². The highest BCUT2D eigenvalue weighted by molar-refractivity contribution is 5.99. The summed E-state index contributed by atoms with van der Waals surface area (Å²) in [6.07, 6.45) is 3.07. The van der Waals surface area contributed by atoms with E-state index in [0.717, 1.165) is 38.9 Å². The lowest BCUT2D eigenvalue weighted by molar-refractivity contribution is 0.0947. The van der Waals surface area contributed by atoms with Crippen molar-refractivity contribution in [2.75, 3.05) is 38.5 Å². The average molecular weight is 344 g/mol. The number of benzene rings is 1. The number of nitrogens with two attached hydrogens (primary N) is 1. The fourth-order valence-corrected chi connectivity index (χ4v) is 2.84. The first-order valence-corrected chi connectivity index (χ1v) is 7.80. The number of carbonyl (C=O) groups excluding carboxylic acids is 1. The van der Waals surface area contributed by atoms with Crippen LogP contribution >= 0.6 is 12.4 Å². The van der Waals surface area contributed by atoms with E-state index in [9.17, 15) is 15.0 Å². The molecule has 2 rings (SSSR count). The number of nitrogens with one attached hydrogen (secondary N) is 1. The summed E-state index contributed by atoms with van der Waals surface area (Å²) in [7, 11) is 0. The van der Waals surface area contributed by atoms with Crippen LogP contribution in [0.15, 0.2) is 18.2 Å². The zero-order valence-corrected chi connectivity index (χ0v) is 14.0. The maximum Gasteiger partial charge on any atom is 0.253 e. The summed E-state index contributed by atoms with van der Waals surface area (Å²) >= 11 is 0. The van der Waals surface area contributed by atoms with Crippen LogP contribution in [-0.4, -0.2) is 53.8 Å². The monoisotopic (exact) mass is 343 g/mol. The molecule has 1 aliphatic heterocycles. The van der Waals surface area contributed by atoms with E-state index in [1.54, 1.807) is 0 Å². The Balaban J connectivity index is 0.00000264. The van der Waals surface area contributed by atoms with Crippen LogP contribution in [-0.2, 0) is 0 Å². The summed E-state index contributed by atoms with van der Waals surface area (Å²) in [5.41, 5.74) is 6.40. The molecule has 1 fully saturated rings. The van der Waals surface area contributed by atoms with Crippen molar-refractivity contribution in [2.45, 2.75) is 19.3 Å². The fourth-order valence-electron chi connectivity index (χ4n) is 2.84. The van der Waals surface area contributed by atoms with Crippen LogP contribution in [0.5, 0.6) is 5.75 Å². The number of phenols is 1. The molecule has 1 atom stereocenters. The van der Waals surface area contributed by atoms with E-state index in [0.29, 0.717) is 23.7 Å². The standard InChI is InChI=1S/C16H25N3O3.ClH/c17-15-5-4-13(21)9-14(15)16(22)18-6-2-8-19-7-1-3-12(10-19)11-20;/h4-5,9,12,20-21H,1-3,6-8,10-11,17H2,(H,18,22);1H. The molecule has 1 unspecified atom stereocenters. The number of piperidine rings is 1. The van der Waals surface area contributed by atoms with Crippen LogP contribution in [0.2, 0.25) is 0 Å². The fraction of sp³-hybridized carbons (Fsp3) is 0.562. The number of amides is 1. The second-order valence-corrected chi connectivity index (χ2v) is 5.87. The van der Waals surface area contributed by atoms with Crippen LogP contribution < -0.4 is 11.1 Å². The molecular formula is C16H26ClN3O3. The Morgan fingerprint density at radius 2 is 2.22 bits per heavy atom. The third kappa shape index (κ3) is 5.89. The van der Waals surface area contributed by atoms with Gasteiger partial charge in [0.15, 0.2) is 0 Å². The number of aliphatic hydroxyl groups excluding tert-OH is 1. The van der Waals surface area contributed by atoms with Crippen molar-refractivity contribution in [3.8, 4) is 5.75 Å². The highest BCUT2D eigenvalue weighted by Crippen LogP contribution is 2.18. The molecule has 1 heterocycles. The van der Waals surface area contributed by atoms with Gasteiger partial charge < -0.3 is 26.2 Å². The van der Waals surface area contributed by atoms with Gasteiger partial charge in [0, 0.05) is 25.4 Å². The first kappa shape index (κ1) is 19.5. The van der Waals surface area contributed by atoms with E-state index < -0.39 is 0 Å².